The van der Waals surface area contributed by atoms with Gasteiger partial charge in [-0.05, 0) is 62.9 Å². The molecule has 2 atom stereocenters. The molecule has 246 valence electrons. The number of nitro benzene ring substituents is 1. The Hall–Kier alpha value is -4.75. The van der Waals surface area contributed by atoms with Gasteiger partial charge in [-0.1, -0.05) is 31.5 Å². The summed E-state index contributed by atoms with van der Waals surface area (Å²) in [6, 6.07) is 6.73. The number of methoxy groups -OCH3 is 1. The third-order valence-corrected chi connectivity index (χ3v) is 6.55. The average molecular weight is 633 g/mol. The molecular weight excluding hydrogens is 591 g/mol. The molecule has 2 rings (SSSR count). The van der Waals surface area contributed by atoms with Crippen molar-refractivity contribution in [1.82, 2.24) is 15.5 Å². The van der Waals surface area contributed by atoms with E-state index in [9.17, 15) is 38.8 Å². The Bertz CT molecular complexity index is 1360. The van der Waals surface area contributed by atoms with Gasteiger partial charge in [-0.25, -0.2) is 9.59 Å². The van der Waals surface area contributed by atoms with Crippen molar-refractivity contribution in [3.8, 4) is 5.75 Å². The number of ether oxygens (including phenoxy) is 2. The van der Waals surface area contributed by atoms with E-state index in [0.29, 0.717) is 18.4 Å². The number of esters is 1. The van der Waals surface area contributed by atoms with E-state index in [1.165, 1.54) is 23.1 Å². The fraction of sp³-hybridized carbons (Fsp3) is 0.484. The highest BCUT2D eigenvalue weighted by atomic mass is 19.1. The van der Waals surface area contributed by atoms with Crippen LogP contribution in [0, 0.1) is 15.9 Å². The van der Waals surface area contributed by atoms with Crippen LogP contribution in [0.25, 0.3) is 0 Å². The first kappa shape index (κ1) is 36.4. The summed E-state index contributed by atoms with van der Waals surface area (Å²) < 4.78 is 24.0. The van der Waals surface area contributed by atoms with Crippen LogP contribution < -0.4 is 10.6 Å². The van der Waals surface area contributed by atoms with Crippen molar-refractivity contribution >= 4 is 29.6 Å². The third-order valence-electron chi connectivity index (χ3n) is 6.55. The number of nitro groups is 1. The Morgan fingerprint density at radius 3 is 2.42 bits per heavy atom. The van der Waals surface area contributed by atoms with E-state index in [0.717, 1.165) is 19.2 Å². The predicted octanol–water partition coefficient (Wildman–Crippen LogP) is 3.79. The summed E-state index contributed by atoms with van der Waals surface area (Å²) in [6.07, 6.45) is 0.0355. The fourth-order valence-electron chi connectivity index (χ4n) is 4.44. The number of alkyl carbamates (subject to hydrolysis) is 1. The zero-order valence-electron chi connectivity index (χ0n) is 26.1. The Kier molecular flexibility index (Phi) is 13.7. The molecule has 14 heteroatoms. The van der Waals surface area contributed by atoms with Crippen LogP contribution in [0.2, 0.25) is 0 Å². The summed E-state index contributed by atoms with van der Waals surface area (Å²) >= 11 is 0. The molecule has 0 radical (unpaired) electrons. The van der Waals surface area contributed by atoms with E-state index in [1.54, 1.807) is 32.9 Å². The van der Waals surface area contributed by atoms with Crippen molar-refractivity contribution in [1.29, 1.82) is 0 Å². The second-order valence-electron chi connectivity index (χ2n) is 11.4. The van der Waals surface area contributed by atoms with Gasteiger partial charge in [-0.3, -0.25) is 19.7 Å². The summed E-state index contributed by atoms with van der Waals surface area (Å²) in [5, 5.41) is 26.3. The Balaban J connectivity index is 2.40. The molecule has 0 aromatic heterocycles. The number of carbonyl (C=O) groups is 4. The van der Waals surface area contributed by atoms with E-state index >= 15 is 0 Å². The van der Waals surface area contributed by atoms with Crippen LogP contribution in [0.15, 0.2) is 42.5 Å². The van der Waals surface area contributed by atoms with Crippen molar-refractivity contribution < 1.29 is 43.1 Å². The van der Waals surface area contributed by atoms with Gasteiger partial charge in [-0.15, -0.1) is 0 Å². The second-order valence-corrected chi connectivity index (χ2v) is 11.4. The lowest BCUT2D eigenvalue weighted by Gasteiger charge is -2.32. The molecule has 0 aliphatic heterocycles. The number of aromatic hydroxyl groups is 1. The molecule has 45 heavy (non-hydrogen) atoms. The highest BCUT2D eigenvalue weighted by molar-refractivity contribution is 5.91. The molecule has 3 amide bonds. The summed E-state index contributed by atoms with van der Waals surface area (Å²) in [6.45, 7) is 7.09. The first-order chi connectivity index (χ1) is 21.1. The highest BCUT2D eigenvalue weighted by Crippen LogP contribution is 2.20. The van der Waals surface area contributed by atoms with Crippen LogP contribution in [0.4, 0.5) is 14.9 Å². The van der Waals surface area contributed by atoms with Gasteiger partial charge < -0.3 is 30.1 Å². The van der Waals surface area contributed by atoms with Crippen molar-refractivity contribution in [2.75, 3.05) is 20.2 Å². The van der Waals surface area contributed by atoms with E-state index in [2.05, 4.69) is 10.6 Å². The number of nitrogens with zero attached hydrogens (tertiary/aromatic N) is 2. The number of rotatable bonds is 15. The van der Waals surface area contributed by atoms with E-state index in [4.69, 9.17) is 9.47 Å². The van der Waals surface area contributed by atoms with E-state index < -0.39 is 58.0 Å². The molecule has 2 aromatic carbocycles. The molecule has 0 bridgehead atoms. The number of carbonyl (C=O) groups excluding carboxylic acids is 4. The molecular formula is C31H41FN4O9. The number of hydrogen-bond donors (Lipinski definition) is 3. The monoisotopic (exact) mass is 632 g/mol. The number of benzene rings is 2. The SMILES string of the molecule is CCCCN(C(=O)Cc1cccc(O)c1)C(CCNC(=O)OC(C)(C)C)C(=O)NC(Cc1ccc(F)c([N+](=O)[O-])c1)C(=O)OC. The van der Waals surface area contributed by atoms with Crippen molar-refractivity contribution in [3.05, 3.63) is 69.5 Å². The minimum atomic E-state index is -1.34. The van der Waals surface area contributed by atoms with Gasteiger partial charge in [0.05, 0.1) is 18.5 Å². The Morgan fingerprint density at radius 2 is 1.82 bits per heavy atom. The molecule has 0 saturated carbocycles. The van der Waals surface area contributed by atoms with Gasteiger partial charge in [0.2, 0.25) is 17.6 Å². The Morgan fingerprint density at radius 1 is 1.11 bits per heavy atom. The number of halogens is 1. The number of hydrogen-bond acceptors (Lipinski definition) is 9. The van der Waals surface area contributed by atoms with Crippen molar-refractivity contribution in [2.45, 2.75) is 77.5 Å². The number of amides is 3. The zero-order chi connectivity index (χ0) is 33.7. The van der Waals surface area contributed by atoms with Gasteiger partial charge >= 0.3 is 17.7 Å². The molecule has 0 spiro atoms. The maximum atomic E-state index is 13.9. The topological polar surface area (TPSA) is 177 Å². The van der Waals surface area contributed by atoms with E-state index in [-0.39, 0.29) is 43.7 Å². The molecule has 0 heterocycles. The number of phenols is 1. The third kappa shape index (κ3) is 12.0. The first-order valence-corrected chi connectivity index (χ1v) is 14.5. The molecule has 2 aromatic rings. The van der Waals surface area contributed by atoms with Crippen LogP contribution in [0.1, 0.15) is 58.1 Å². The highest BCUT2D eigenvalue weighted by Gasteiger charge is 2.33. The average Bonchev–Trinajstić information content (AvgIpc) is 2.95. The number of phenolic OH excluding ortho intramolecular Hbond substituents is 1. The van der Waals surface area contributed by atoms with Crippen molar-refractivity contribution in [3.63, 3.8) is 0 Å². The lowest BCUT2D eigenvalue weighted by molar-refractivity contribution is -0.387. The van der Waals surface area contributed by atoms with Gasteiger partial charge in [0, 0.05) is 25.6 Å². The number of nitrogens with one attached hydrogen (secondary N) is 2. The van der Waals surface area contributed by atoms with Gasteiger partial charge in [0.15, 0.2) is 0 Å². The molecule has 0 aliphatic carbocycles. The smallest absolute Gasteiger partial charge is 0.407 e. The lowest BCUT2D eigenvalue weighted by atomic mass is 10.0. The van der Waals surface area contributed by atoms with Crippen LogP contribution in [0.5, 0.6) is 5.75 Å². The van der Waals surface area contributed by atoms with Crippen LogP contribution in [-0.4, -0.2) is 76.7 Å². The standard InChI is InChI=1S/C31H41FN4O9/c1-6-7-15-35(27(38)19-20-9-8-10-22(37)16-20)25(13-14-33-30(41)45-31(2,3)4)28(39)34-24(29(40)44-5)17-21-11-12-23(32)26(18-21)36(42)43/h8-12,16,18,24-25,37H,6-7,13-15,17,19H2,1-5H3,(H,33,41)(H,34,39). The van der Waals surface area contributed by atoms with Crippen molar-refractivity contribution in [2.24, 2.45) is 0 Å². The molecule has 0 aliphatic rings. The van der Waals surface area contributed by atoms with Gasteiger partial charge in [-0.2, -0.15) is 4.39 Å². The molecule has 0 fully saturated rings. The second kappa shape index (κ2) is 16.9. The molecule has 2 unspecified atom stereocenters. The zero-order valence-corrected chi connectivity index (χ0v) is 26.1. The molecule has 13 nitrogen and oxygen atoms in total. The minimum absolute atomic E-state index is 0.0294. The van der Waals surface area contributed by atoms with Crippen LogP contribution in [0.3, 0.4) is 0 Å². The summed E-state index contributed by atoms with van der Waals surface area (Å²) in [7, 11) is 1.10. The summed E-state index contributed by atoms with van der Waals surface area (Å²) in [5.41, 5.74) is -0.867. The largest absolute Gasteiger partial charge is 0.508 e. The van der Waals surface area contributed by atoms with E-state index in [1.807, 2.05) is 6.92 Å². The maximum absolute atomic E-state index is 13.9. The van der Waals surface area contributed by atoms with Gasteiger partial charge in [0.25, 0.3) is 0 Å². The van der Waals surface area contributed by atoms with Crippen LogP contribution >= 0.6 is 0 Å². The summed E-state index contributed by atoms with van der Waals surface area (Å²) in [5.74, 6) is -3.13. The Labute approximate surface area is 261 Å². The quantitative estimate of drug-likeness (QED) is 0.150. The summed E-state index contributed by atoms with van der Waals surface area (Å²) in [4.78, 5) is 64.2. The fourth-order valence-corrected chi connectivity index (χ4v) is 4.44. The normalized spacial score (nSPS) is 12.4. The van der Waals surface area contributed by atoms with Crippen LogP contribution in [-0.2, 0) is 36.7 Å². The molecule has 3 N–H and O–H groups in total. The molecule has 0 saturated heterocycles. The van der Waals surface area contributed by atoms with Gasteiger partial charge in [0.1, 0.15) is 23.4 Å². The minimum Gasteiger partial charge on any atom is -0.508 e. The lowest BCUT2D eigenvalue weighted by Crippen LogP contribution is -2.55. The first-order valence-electron chi connectivity index (χ1n) is 14.5. The number of unbranched alkanes of at least 4 members (excludes halogenated alkanes) is 1. The predicted molar refractivity (Wildman–Crippen MR) is 162 cm³/mol. The maximum Gasteiger partial charge on any atom is 0.407 e.